The normalized spacial score (nSPS) is 16.8. The third-order valence-corrected chi connectivity index (χ3v) is 7.73. The molecule has 0 aliphatic carbocycles. The Kier molecular flexibility index (Phi) is 7.36. The van der Waals surface area contributed by atoms with Crippen molar-refractivity contribution >= 4 is 33.2 Å². The molecule has 1 amide bonds. The molecule has 2 aromatic carbocycles. The number of rotatable bonds is 6. The number of carbonyl (C=O) groups is 1. The highest BCUT2D eigenvalue weighted by molar-refractivity contribution is 7.89. The fourth-order valence-corrected chi connectivity index (χ4v) is 5.45. The van der Waals surface area contributed by atoms with Crippen molar-refractivity contribution in [1.82, 2.24) is 9.62 Å². The van der Waals surface area contributed by atoms with Gasteiger partial charge in [0.2, 0.25) is 10.0 Å². The number of piperidine rings is 1. The molecule has 1 aliphatic heterocycles. The molecular weight excluding hydrogens is 441 g/mol. The van der Waals surface area contributed by atoms with Crippen molar-refractivity contribution in [3.63, 3.8) is 0 Å². The van der Waals surface area contributed by atoms with Crippen LogP contribution < -0.4 is 10.0 Å². The topological polar surface area (TPSA) is 78.5 Å². The van der Waals surface area contributed by atoms with E-state index >= 15 is 0 Å². The van der Waals surface area contributed by atoms with E-state index in [1.54, 1.807) is 38.1 Å². The van der Waals surface area contributed by atoms with E-state index in [4.69, 9.17) is 11.6 Å². The number of carbonyl (C=O) groups excluding carboxylic acids is 1. The summed E-state index contributed by atoms with van der Waals surface area (Å²) in [6, 6.07) is 9.03. The van der Waals surface area contributed by atoms with Gasteiger partial charge in [0, 0.05) is 11.6 Å². The maximum absolute atomic E-state index is 14.9. The predicted molar refractivity (Wildman–Crippen MR) is 121 cm³/mol. The first-order chi connectivity index (χ1) is 14.6. The molecule has 1 heterocycles. The van der Waals surface area contributed by atoms with Gasteiger partial charge in [0.25, 0.3) is 5.91 Å². The molecule has 1 fully saturated rings. The highest BCUT2D eigenvalue weighted by Crippen LogP contribution is 2.31. The molecule has 0 aromatic heterocycles. The van der Waals surface area contributed by atoms with Gasteiger partial charge in [-0.25, -0.2) is 17.5 Å². The Morgan fingerprint density at radius 1 is 1.19 bits per heavy atom. The van der Waals surface area contributed by atoms with Crippen LogP contribution in [0.3, 0.4) is 0 Å². The van der Waals surface area contributed by atoms with Crippen molar-refractivity contribution in [3.8, 4) is 0 Å². The van der Waals surface area contributed by atoms with Crippen LogP contribution >= 0.6 is 11.6 Å². The van der Waals surface area contributed by atoms with Gasteiger partial charge in [0.1, 0.15) is 9.92 Å². The van der Waals surface area contributed by atoms with Gasteiger partial charge in [0.05, 0.1) is 5.69 Å². The smallest absolute Gasteiger partial charge is 0.255 e. The Morgan fingerprint density at radius 2 is 1.84 bits per heavy atom. The van der Waals surface area contributed by atoms with E-state index in [2.05, 4.69) is 14.9 Å². The summed E-state index contributed by atoms with van der Waals surface area (Å²) >= 11 is 6.09. The highest BCUT2D eigenvalue weighted by Gasteiger charge is 2.29. The molecule has 2 N–H and O–H groups in total. The van der Waals surface area contributed by atoms with Gasteiger partial charge >= 0.3 is 0 Å². The number of aryl methyl sites for hydroxylation is 1. The van der Waals surface area contributed by atoms with Crippen LogP contribution in [0.2, 0.25) is 5.02 Å². The van der Waals surface area contributed by atoms with Gasteiger partial charge in [0.15, 0.2) is 5.82 Å². The minimum Gasteiger partial charge on any atom is -0.321 e. The van der Waals surface area contributed by atoms with E-state index in [-0.39, 0.29) is 17.6 Å². The van der Waals surface area contributed by atoms with Gasteiger partial charge in [-0.15, -0.1) is 0 Å². The van der Waals surface area contributed by atoms with E-state index < -0.39 is 31.7 Å². The molecule has 1 saturated heterocycles. The number of anilines is 1. The minimum absolute atomic E-state index is 0.00901. The number of halogens is 2. The van der Waals surface area contributed by atoms with Crippen LogP contribution in [0.1, 0.15) is 35.7 Å². The van der Waals surface area contributed by atoms with Crippen LogP contribution in [0.5, 0.6) is 0 Å². The second-order valence-electron chi connectivity index (χ2n) is 8.06. The lowest BCUT2D eigenvalue weighted by Crippen LogP contribution is -2.43. The zero-order chi connectivity index (χ0) is 22.8. The monoisotopic (exact) mass is 467 g/mol. The zero-order valence-electron chi connectivity index (χ0n) is 17.8. The minimum atomic E-state index is -4.12. The van der Waals surface area contributed by atoms with Crippen molar-refractivity contribution in [3.05, 3.63) is 58.4 Å². The third kappa shape index (κ3) is 5.44. The van der Waals surface area contributed by atoms with Crippen LogP contribution in [-0.2, 0) is 10.0 Å². The Hall–Kier alpha value is -2.00. The Labute approximate surface area is 187 Å². The number of hydrogen-bond donors (Lipinski definition) is 2. The number of nitrogens with zero attached hydrogens (tertiary/aromatic N) is 1. The number of benzene rings is 2. The summed E-state index contributed by atoms with van der Waals surface area (Å²) in [6.45, 7) is 5.37. The van der Waals surface area contributed by atoms with Gasteiger partial charge in [-0.1, -0.05) is 29.8 Å². The number of likely N-dealkylation sites (tertiary alicyclic amines) is 1. The molecule has 0 radical (unpaired) electrons. The summed E-state index contributed by atoms with van der Waals surface area (Å²) in [5.41, 5.74) is 1.18. The summed E-state index contributed by atoms with van der Waals surface area (Å²) < 4.78 is 43.1. The molecule has 0 spiro atoms. The predicted octanol–water partition coefficient (Wildman–Crippen LogP) is 4.05. The fraction of sp³-hybridized carbons (Fsp3) is 0.409. The SMILES string of the molecule is Cc1ccccc1C(=O)Nc1ccc(S(=O)(=O)NC(C)C2CCN(C)CC2)c(F)c1Cl. The lowest BCUT2D eigenvalue weighted by atomic mass is 9.91. The van der Waals surface area contributed by atoms with Crippen molar-refractivity contribution < 1.29 is 17.6 Å². The second kappa shape index (κ2) is 9.65. The molecule has 31 heavy (non-hydrogen) atoms. The van der Waals surface area contributed by atoms with Crippen LogP contribution in [-0.4, -0.2) is 45.4 Å². The first-order valence-electron chi connectivity index (χ1n) is 10.2. The molecule has 0 saturated carbocycles. The van der Waals surface area contributed by atoms with E-state index in [0.29, 0.717) is 5.56 Å². The van der Waals surface area contributed by atoms with Crippen LogP contribution in [0.15, 0.2) is 41.3 Å². The first-order valence-corrected chi connectivity index (χ1v) is 12.0. The van der Waals surface area contributed by atoms with E-state index in [9.17, 15) is 17.6 Å². The lowest BCUT2D eigenvalue weighted by Gasteiger charge is -2.32. The van der Waals surface area contributed by atoms with Crippen molar-refractivity contribution in [2.75, 3.05) is 25.5 Å². The van der Waals surface area contributed by atoms with E-state index in [1.165, 1.54) is 6.07 Å². The average Bonchev–Trinajstić information content (AvgIpc) is 2.71. The van der Waals surface area contributed by atoms with Crippen molar-refractivity contribution in [2.24, 2.45) is 5.92 Å². The number of sulfonamides is 1. The zero-order valence-corrected chi connectivity index (χ0v) is 19.4. The molecule has 3 rings (SSSR count). The lowest BCUT2D eigenvalue weighted by molar-refractivity contribution is 0.102. The van der Waals surface area contributed by atoms with Gasteiger partial charge in [-0.05, 0) is 76.5 Å². The molecule has 1 atom stereocenters. The average molecular weight is 468 g/mol. The van der Waals surface area contributed by atoms with Crippen molar-refractivity contribution in [1.29, 1.82) is 0 Å². The maximum Gasteiger partial charge on any atom is 0.255 e. The number of hydrogen-bond acceptors (Lipinski definition) is 4. The third-order valence-electron chi connectivity index (χ3n) is 5.79. The van der Waals surface area contributed by atoms with Crippen LogP contribution in [0, 0.1) is 18.7 Å². The quantitative estimate of drug-likeness (QED) is 0.671. The maximum atomic E-state index is 14.9. The molecule has 9 heteroatoms. The molecule has 1 unspecified atom stereocenters. The largest absolute Gasteiger partial charge is 0.321 e. The van der Waals surface area contributed by atoms with E-state index in [1.807, 2.05) is 7.05 Å². The summed E-state index contributed by atoms with van der Waals surface area (Å²) in [4.78, 5) is 14.2. The standard InChI is InChI=1S/C22H27ClFN3O3S/c1-14-6-4-5-7-17(14)22(28)25-18-8-9-19(21(24)20(18)23)31(29,30)26-15(2)16-10-12-27(3)13-11-16/h4-9,15-16,26H,10-13H2,1-3H3,(H,25,28). The number of amides is 1. The molecule has 2 aromatic rings. The molecular formula is C22H27ClFN3O3S. The molecule has 1 aliphatic rings. The van der Waals surface area contributed by atoms with Crippen molar-refractivity contribution in [2.45, 2.75) is 37.6 Å². The van der Waals surface area contributed by atoms with Gasteiger partial charge in [-0.3, -0.25) is 4.79 Å². The summed E-state index contributed by atoms with van der Waals surface area (Å²) in [5.74, 6) is -1.37. The summed E-state index contributed by atoms with van der Waals surface area (Å²) in [6.07, 6.45) is 1.74. The van der Waals surface area contributed by atoms with E-state index in [0.717, 1.165) is 37.6 Å². The molecule has 6 nitrogen and oxygen atoms in total. The Bertz CT molecular complexity index is 1070. The van der Waals surface area contributed by atoms with Crippen LogP contribution in [0.4, 0.5) is 10.1 Å². The second-order valence-corrected chi connectivity index (χ2v) is 10.1. The Balaban J connectivity index is 1.77. The Morgan fingerprint density at radius 3 is 2.48 bits per heavy atom. The van der Waals surface area contributed by atoms with Gasteiger partial charge < -0.3 is 10.2 Å². The molecule has 168 valence electrons. The number of nitrogens with one attached hydrogen (secondary N) is 2. The fourth-order valence-electron chi connectivity index (χ4n) is 3.79. The van der Waals surface area contributed by atoms with Gasteiger partial charge in [-0.2, -0.15) is 0 Å². The summed E-state index contributed by atoms with van der Waals surface area (Å²) in [5, 5.41) is 2.11. The molecule has 0 bridgehead atoms. The summed E-state index contributed by atoms with van der Waals surface area (Å²) in [7, 11) is -2.09. The van der Waals surface area contributed by atoms with Crippen LogP contribution in [0.25, 0.3) is 0 Å². The highest BCUT2D eigenvalue weighted by atomic mass is 35.5. The first kappa shape index (κ1) is 23.7.